The standard InChI is InChI=1S/C14H17N3O2/c1-11(18)8-13-15-16-14(19-13)10-17(2)9-12-6-4-3-5-7-12/h3-7H,8-10H2,1-2H3. The number of carbonyl (C=O) groups is 1. The van der Waals surface area contributed by atoms with Crippen LogP contribution >= 0.6 is 0 Å². The minimum atomic E-state index is 0.0211. The van der Waals surface area contributed by atoms with Crippen LogP contribution in [0, 0.1) is 0 Å². The minimum absolute atomic E-state index is 0.0211. The highest BCUT2D eigenvalue weighted by atomic mass is 16.4. The predicted octanol–water partition coefficient (Wildman–Crippen LogP) is 1.83. The van der Waals surface area contributed by atoms with Gasteiger partial charge in [-0.2, -0.15) is 0 Å². The second kappa shape index (κ2) is 6.24. The van der Waals surface area contributed by atoms with Crippen molar-refractivity contribution >= 4 is 5.78 Å². The smallest absolute Gasteiger partial charge is 0.230 e. The molecule has 0 spiro atoms. The van der Waals surface area contributed by atoms with Gasteiger partial charge in [-0.25, -0.2) is 0 Å². The fourth-order valence-corrected chi connectivity index (χ4v) is 1.82. The van der Waals surface area contributed by atoms with Crippen molar-refractivity contribution in [2.24, 2.45) is 0 Å². The second-order valence-corrected chi connectivity index (χ2v) is 4.63. The number of aromatic nitrogens is 2. The summed E-state index contributed by atoms with van der Waals surface area (Å²) in [4.78, 5) is 13.0. The van der Waals surface area contributed by atoms with Gasteiger partial charge in [-0.3, -0.25) is 9.69 Å². The number of Topliss-reactive ketones (excluding diaryl/α,β-unsaturated/α-hetero) is 1. The average Bonchev–Trinajstić information content (AvgIpc) is 2.76. The van der Waals surface area contributed by atoms with Crippen molar-refractivity contribution in [1.29, 1.82) is 0 Å². The van der Waals surface area contributed by atoms with Crippen molar-refractivity contribution in [1.82, 2.24) is 15.1 Å². The van der Waals surface area contributed by atoms with Gasteiger partial charge in [-0.15, -0.1) is 10.2 Å². The van der Waals surface area contributed by atoms with E-state index in [9.17, 15) is 4.79 Å². The SMILES string of the molecule is CC(=O)Cc1nnc(CN(C)Cc2ccccc2)o1. The van der Waals surface area contributed by atoms with Crippen molar-refractivity contribution in [2.45, 2.75) is 26.4 Å². The number of benzene rings is 1. The molecule has 2 aromatic rings. The molecule has 0 radical (unpaired) electrons. The van der Waals surface area contributed by atoms with Crippen LogP contribution in [0.15, 0.2) is 34.7 Å². The summed E-state index contributed by atoms with van der Waals surface area (Å²) in [5.74, 6) is 0.943. The van der Waals surface area contributed by atoms with Crippen molar-refractivity contribution in [3.63, 3.8) is 0 Å². The Kier molecular flexibility index (Phi) is 4.41. The first kappa shape index (κ1) is 13.4. The van der Waals surface area contributed by atoms with Crippen LogP contribution in [0.1, 0.15) is 24.3 Å². The van der Waals surface area contributed by atoms with Gasteiger partial charge >= 0.3 is 0 Å². The zero-order chi connectivity index (χ0) is 13.7. The largest absolute Gasteiger partial charge is 0.423 e. The Morgan fingerprint density at radius 1 is 1.16 bits per heavy atom. The van der Waals surface area contributed by atoms with Gasteiger partial charge < -0.3 is 4.42 Å². The van der Waals surface area contributed by atoms with Gasteiger partial charge in [0.15, 0.2) is 0 Å². The molecule has 0 atom stereocenters. The van der Waals surface area contributed by atoms with E-state index >= 15 is 0 Å². The minimum Gasteiger partial charge on any atom is -0.423 e. The fourth-order valence-electron chi connectivity index (χ4n) is 1.82. The molecule has 100 valence electrons. The molecule has 0 aliphatic carbocycles. The molecule has 19 heavy (non-hydrogen) atoms. The Labute approximate surface area is 112 Å². The lowest BCUT2D eigenvalue weighted by Gasteiger charge is -2.13. The molecule has 5 nitrogen and oxygen atoms in total. The monoisotopic (exact) mass is 259 g/mol. The van der Waals surface area contributed by atoms with Crippen LogP contribution < -0.4 is 0 Å². The molecule has 0 N–H and O–H groups in total. The van der Waals surface area contributed by atoms with Crippen LogP contribution in [0.3, 0.4) is 0 Å². The van der Waals surface area contributed by atoms with Gasteiger partial charge in [0.2, 0.25) is 11.8 Å². The third-order valence-electron chi connectivity index (χ3n) is 2.61. The lowest BCUT2D eigenvalue weighted by atomic mass is 10.2. The molecule has 0 saturated carbocycles. The molecule has 5 heteroatoms. The van der Waals surface area contributed by atoms with E-state index in [4.69, 9.17) is 4.42 Å². The molecule has 0 unspecified atom stereocenters. The Morgan fingerprint density at radius 2 is 1.84 bits per heavy atom. The summed E-state index contributed by atoms with van der Waals surface area (Å²) in [7, 11) is 1.99. The molecular weight excluding hydrogens is 242 g/mol. The van der Waals surface area contributed by atoms with E-state index in [1.165, 1.54) is 12.5 Å². The topological polar surface area (TPSA) is 59.2 Å². The van der Waals surface area contributed by atoms with E-state index in [0.29, 0.717) is 18.3 Å². The molecule has 1 aromatic heterocycles. The number of hydrogen-bond acceptors (Lipinski definition) is 5. The number of rotatable bonds is 6. The first-order valence-corrected chi connectivity index (χ1v) is 6.16. The van der Waals surface area contributed by atoms with E-state index in [-0.39, 0.29) is 12.2 Å². The maximum Gasteiger partial charge on any atom is 0.230 e. The van der Waals surface area contributed by atoms with Gasteiger partial charge in [0.25, 0.3) is 0 Å². The van der Waals surface area contributed by atoms with E-state index in [1.807, 2.05) is 25.2 Å². The highest BCUT2D eigenvalue weighted by Crippen LogP contribution is 2.08. The third-order valence-corrected chi connectivity index (χ3v) is 2.61. The summed E-state index contributed by atoms with van der Waals surface area (Å²) in [6, 6.07) is 10.2. The first-order valence-electron chi connectivity index (χ1n) is 6.16. The third kappa shape index (κ3) is 4.30. The molecule has 2 rings (SSSR count). The van der Waals surface area contributed by atoms with Gasteiger partial charge in [-0.1, -0.05) is 30.3 Å². The van der Waals surface area contributed by atoms with Crippen LogP contribution in [0.5, 0.6) is 0 Å². The molecule has 0 amide bonds. The van der Waals surface area contributed by atoms with Gasteiger partial charge in [0.05, 0.1) is 13.0 Å². The van der Waals surface area contributed by atoms with E-state index in [0.717, 1.165) is 6.54 Å². The van der Waals surface area contributed by atoms with Crippen LogP contribution in [0.25, 0.3) is 0 Å². The highest BCUT2D eigenvalue weighted by Gasteiger charge is 2.10. The Balaban J connectivity index is 1.90. The van der Waals surface area contributed by atoms with Gasteiger partial charge in [0, 0.05) is 6.54 Å². The van der Waals surface area contributed by atoms with Crippen LogP contribution in [-0.4, -0.2) is 27.9 Å². The van der Waals surface area contributed by atoms with E-state index in [2.05, 4.69) is 27.2 Å². The summed E-state index contributed by atoms with van der Waals surface area (Å²) >= 11 is 0. The molecule has 1 heterocycles. The number of hydrogen-bond donors (Lipinski definition) is 0. The molecular formula is C14H17N3O2. The predicted molar refractivity (Wildman–Crippen MR) is 70.3 cm³/mol. The summed E-state index contributed by atoms with van der Waals surface area (Å²) < 4.78 is 5.42. The van der Waals surface area contributed by atoms with Crippen molar-refractivity contribution in [3.05, 3.63) is 47.7 Å². The number of carbonyl (C=O) groups excluding carboxylic acids is 1. The summed E-state index contributed by atoms with van der Waals surface area (Å²) in [6.45, 7) is 2.89. The van der Waals surface area contributed by atoms with Crippen molar-refractivity contribution in [2.75, 3.05) is 7.05 Å². The maximum absolute atomic E-state index is 10.9. The Hall–Kier alpha value is -2.01. The molecule has 0 fully saturated rings. The lowest BCUT2D eigenvalue weighted by Crippen LogP contribution is -2.17. The van der Waals surface area contributed by atoms with Gasteiger partial charge in [0.1, 0.15) is 5.78 Å². The summed E-state index contributed by atoms with van der Waals surface area (Å²) in [5, 5.41) is 7.79. The van der Waals surface area contributed by atoms with Crippen LogP contribution in [0.4, 0.5) is 0 Å². The summed E-state index contributed by atoms with van der Waals surface area (Å²) in [6.07, 6.45) is 0.204. The molecule has 0 aliphatic heterocycles. The first-order chi connectivity index (χ1) is 9.13. The van der Waals surface area contributed by atoms with E-state index < -0.39 is 0 Å². The van der Waals surface area contributed by atoms with Crippen molar-refractivity contribution in [3.8, 4) is 0 Å². The molecule has 0 saturated heterocycles. The number of nitrogens with zero attached hydrogens (tertiary/aromatic N) is 3. The molecule has 0 aliphatic rings. The zero-order valence-corrected chi connectivity index (χ0v) is 11.2. The Bertz CT molecular complexity index is 537. The highest BCUT2D eigenvalue weighted by molar-refractivity contribution is 5.77. The molecule has 0 bridgehead atoms. The fraction of sp³-hybridized carbons (Fsp3) is 0.357. The van der Waals surface area contributed by atoms with Crippen LogP contribution in [-0.2, 0) is 24.3 Å². The second-order valence-electron chi connectivity index (χ2n) is 4.63. The summed E-state index contributed by atoms with van der Waals surface area (Å²) in [5.41, 5.74) is 1.23. The maximum atomic E-state index is 10.9. The average molecular weight is 259 g/mol. The lowest BCUT2D eigenvalue weighted by molar-refractivity contribution is -0.116. The van der Waals surface area contributed by atoms with E-state index in [1.54, 1.807) is 0 Å². The Morgan fingerprint density at radius 3 is 2.53 bits per heavy atom. The number of ketones is 1. The van der Waals surface area contributed by atoms with Gasteiger partial charge in [-0.05, 0) is 19.5 Å². The zero-order valence-electron chi connectivity index (χ0n) is 11.2. The van der Waals surface area contributed by atoms with Crippen molar-refractivity contribution < 1.29 is 9.21 Å². The molecule has 1 aromatic carbocycles. The van der Waals surface area contributed by atoms with Crippen LogP contribution in [0.2, 0.25) is 0 Å². The quantitative estimate of drug-likeness (QED) is 0.792. The normalized spacial score (nSPS) is 10.9.